The van der Waals surface area contributed by atoms with Crippen LogP contribution < -0.4 is 5.32 Å². The standard InChI is InChI=1S/C10H18N2O4/c1-10(2,3)16-9(15)12-5-7(6-12)11-4-8(13)14/h7,11H,4-6H2,1-3H3,(H,13,14). The lowest BCUT2D eigenvalue weighted by atomic mass is 10.1. The van der Waals surface area contributed by atoms with Gasteiger partial charge in [-0.3, -0.25) is 4.79 Å². The van der Waals surface area contributed by atoms with Gasteiger partial charge >= 0.3 is 12.1 Å². The van der Waals surface area contributed by atoms with Gasteiger partial charge in [0.15, 0.2) is 0 Å². The number of likely N-dealkylation sites (tertiary alicyclic amines) is 1. The maximum Gasteiger partial charge on any atom is 0.410 e. The molecule has 1 rings (SSSR count). The van der Waals surface area contributed by atoms with E-state index in [1.165, 1.54) is 0 Å². The fraction of sp³-hybridized carbons (Fsp3) is 0.800. The van der Waals surface area contributed by atoms with Crippen molar-refractivity contribution in [1.29, 1.82) is 0 Å². The van der Waals surface area contributed by atoms with Crippen LogP contribution in [0.25, 0.3) is 0 Å². The number of ether oxygens (including phenoxy) is 1. The van der Waals surface area contributed by atoms with Gasteiger partial charge in [-0.1, -0.05) is 0 Å². The number of carbonyl (C=O) groups excluding carboxylic acids is 1. The molecular weight excluding hydrogens is 212 g/mol. The van der Waals surface area contributed by atoms with Gasteiger partial charge < -0.3 is 20.1 Å². The number of nitrogens with zero attached hydrogens (tertiary/aromatic N) is 1. The molecule has 6 heteroatoms. The summed E-state index contributed by atoms with van der Waals surface area (Å²) in [4.78, 5) is 23.3. The molecule has 1 aliphatic heterocycles. The van der Waals surface area contributed by atoms with Gasteiger partial charge in [-0.25, -0.2) is 4.79 Å². The second kappa shape index (κ2) is 4.69. The van der Waals surface area contributed by atoms with Gasteiger partial charge in [0.1, 0.15) is 5.60 Å². The molecule has 1 fully saturated rings. The molecule has 92 valence electrons. The Morgan fingerprint density at radius 2 is 2.00 bits per heavy atom. The fourth-order valence-corrected chi connectivity index (χ4v) is 1.31. The first-order valence-corrected chi connectivity index (χ1v) is 5.21. The molecule has 6 nitrogen and oxygen atoms in total. The second-order valence-electron chi connectivity index (χ2n) is 4.86. The largest absolute Gasteiger partial charge is 0.480 e. The van der Waals surface area contributed by atoms with Gasteiger partial charge in [-0.15, -0.1) is 0 Å². The third-order valence-corrected chi connectivity index (χ3v) is 2.08. The number of hydrogen-bond acceptors (Lipinski definition) is 4. The molecule has 1 amide bonds. The van der Waals surface area contributed by atoms with E-state index in [1.807, 2.05) is 20.8 Å². The molecular formula is C10H18N2O4. The zero-order valence-electron chi connectivity index (χ0n) is 9.82. The summed E-state index contributed by atoms with van der Waals surface area (Å²) >= 11 is 0. The van der Waals surface area contributed by atoms with Crippen LogP contribution in [0.2, 0.25) is 0 Å². The van der Waals surface area contributed by atoms with E-state index >= 15 is 0 Å². The maximum atomic E-state index is 11.5. The van der Waals surface area contributed by atoms with E-state index in [4.69, 9.17) is 9.84 Å². The van der Waals surface area contributed by atoms with E-state index in [0.717, 1.165) is 0 Å². The lowest BCUT2D eigenvalue weighted by molar-refractivity contribution is -0.136. The Bertz CT molecular complexity index is 279. The number of nitrogens with one attached hydrogen (secondary N) is 1. The van der Waals surface area contributed by atoms with Crippen molar-refractivity contribution in [2.24, 2.45) is 0 Å². The van der Waals surface area contributed by atoms with E-state index in [9.17, 15) is 9.59 Å². The van der Waals surface area contributed by atoms with Crippen LogP contribution in [0.5, 0.6) is 0 Å². The van der Waals surface area contributed by atoms with Crippen molar-refractivity contribution in [2.75, 3.05) is 19.6 Å². The Balaban J connectivity index is 2.20. The van der Waals surface area contributed by atoms with E-state index in [2.05, 4.69) is 5.32 Å². The predicted molar refractivity (Wildman–Crippen MR) is 57.2 cm³/mol. The number of carboxylic acid groups (broad SMARTS) is 1. The van der Waals surface area contributed by atoms with Crippen LogP contribution in [0.3, 0.4) is 0 Å². The molecule has 0 aliphatic carbocycles. The molecule has 1 aliphatic rings. The molecule has 1 saturated heterocycles. The van der Waals surface area contributed by atoms with Crippen LogP contribution in [0.1, 0.15) is 20.8 Å². The first-order chi connectivity index (χ1) is 7.28. The molecule has 0 aromatic carbocycles. The zero-order chi connectivity index (χ0) is 12.3. The summed E-state index contributed by atoms with van der Waals surface area (Å²) in [5.74, 6) is -0.893. The first-order valence-electron chi connectivity index (χ1n) is 5.21. The number of carboxylic acids is 1. The molecule has 0 aromatic heterocycles. The minimum absolute atomic E-state index is 0.0589. The molecule has 1 heterocycles. The van der Waals surface area contributed by atoms with Crippen LogP contribution in [-0.2, 0) is 9.53 Å². The normalized spacial score (nSPS) is 16.8. The minimum Gasteiger partial charge on any atom is -0.480 e. The smallest absolute Gasteiger partial charge is 0.410 e. The summed E-state index contributed by atoms with van der Waals surface area (Å²) in [6.07, 6.45) is -0.346. The third-order valence-electron chi connectivity index (χ3n) is 2.08. The van der Waals surface area contributed by atoms with Gasteiger partial charge in [0.05, 0.1) is 6.54 Å². The van der Waals surface area contributed by atoms with E-state index < -0.39 is 11.6 Å². The molecule has 0 aromatic rings. The van der Waals surface area contributed by atoms with Crippen molar-refractivity contribution >= 4 is 12.1 Å². The van der Waals surface area contributed by atoms with E-state index in [1.54, 1.807) is 4.90 Å². The van der Waals surface area contributed by atoms with Crippen molar-refractivity contribution in [3.63, 3.8) is 0 Å². The Hall–Kier alpha value is -1.30. The van der Waals surface area contributed by atoms with Crippen LogP contribution in [0, 0.1) is 0 Å². The van der Waals surface area contributed by atoms with Gasteiger partial charge in [0.25, 0.3) is 0 Å². The van der Waals surface area contributed by atoms with Crippen LogP contribution >= 0.6 is 0 Å². The number of hydrogen-bond donors (Lipinski definition) is 2. The number of rotatable bonds is 3. The average Bonchev–Trinajstić information content (AvgIpc) is 1.96. The Kier molecular flexibility index (Phi) is 3.74. The fourth-order valence-electron chi connectivity index (χ4n) is 1.31. The van der Waals surface area contributed by atoms with E-state index in [0.29, 0.717) is 13.1 Å². The Morgan fingerprint density at radius 3 is 2.44 bits per heavy atom. The molecule has 0 atom stereocenters. The second-order valence-corrected chi connectivity index (χ2v) is 4.86. The highest BCUT2D eigenvalue weighted by Gasteiger charge is 2.33. The lowest BCUT2D eigenvalue weighted by Gasteiger charge is -2.39. The minimum atomic E-state index is -0.893. The zero-order valence-corrected chi connectivity index (χ0v) is 9.82. The Labute approximate surface area is 94.6 Å². The molecule has 16 heavy (non-hydrogen) atoms. The quantitative estimate of drug-likeness (QED) is 0.728. The number of aliphatic carboxylic acids is 1. The lowest BCUT2D eigenvalue weighted by Crippen LogP contribution is -2.61. The third kappa shape index (κ3) is 4.06. The molecule has 0 bridgehead atoms. The highest BCUT2D eigenvalue weighted by Crippen LogP contribution is 2.14. The van der Waals surface area contributed by atoms with Crippen molar-refractivity contribution < 1.29 is 19.4 Å². The van der Waals surface area contributed by atoms with Crippen LogP contribution in [0.4, 0.5) is 4.79 Å². The number of amides is 1. The van der Waals surface area contributed by atoms with Crippen molar-refractivity contribution in [2.45, 2.75) is 32.4 Å². The summed E-state index contributed by atoms with van der Waals surface area (Å²) in [6, 6.07) is 0.0589. The monoisotopic (exact) mass is 230 g/mol. The van der Waals surface area contributed by atoms with E-state index in [-0.39, 0.29) is 18.7 Å². The van der Waals surface area contributed by atoms with Gasteiger partial charge in [-0.05, 0) is 20.8 Å². The molecule has 0 spiro atoms. The summed E-state index contributed by atoms with van der Waals surface area (Å²) < 4.78 is 5.16. The summed E-state index contributed by atoms with van der Waals surface area (Å²) in [5.41, 5.74) is -0.489. The SMILES string of the molecule is CC(C)(C)OC(=O)N1CC(NCC(=O)O)C1. The van der Waals surface area contributed by atoms with Crippen molar-refractivity contribution in [1.82, 2.24) is 10.2 Å². The predicted octanol–water partition coefficient (Wildman–Crippen LogP) is 0.280. The molecule has 0 radical (unpaired) electrons. The van der Waals surface area contributed by atoms with Gasteiger partial charge in [-0.2, -0.15) is 0 Å². The van der Waals surface area contributed by atoms with Crippen molar-refractivity contribution in [3.05, 3.63) is 0 Å². The van der Waals surface area contributed by atoms with Gasteiger partial charge in [0, 0.05) is 19.1 Å². The number of carbonyl (C=O) groups is 2. The molecule has 0 saturated carbocycles. The molecule has 2 N–H and O–H groups in total. The first kappa shape index (κ1) is 12.8. The van der Waals surface area contributed by atoms with Crippen LogP contribution in [-0.4, -0.2) is 53.3 Å². The van der Waals surface area contributed by atoms with Crippen molar-refractivity contribution in [3.8, 4) is 0 Å². The highest BCUT2D eigenvalue weighted by molar-refractivity contribution is 5.70. The summed E-state index contributed by atoms with van der Waals surface area (Å²) in [6.45, 7) is 6.36. The van der Waals surface area contributed by atoms with Crippen LogP contribution in [0.15, 0.2) is 0 Å². The highest BCUT2D eigenvalue weighted by atomic mass is 16.6. The Morgan fingerprint density at radius 1 is 1.44 bits per heavy atom. The summed E-state index contributed by atoms with van der Waals surface area (Å²) in [7, 11) is 0. The summed E-state index contributed by atoms with van der Waals surface area (Å²) in [5, 5.41) is 11.3. The maximum absolute atomic E-state index is 11.5. The topological polar surface area (TPSA) is 78.9 Å². The average molecular weight is 230 g/mol. The van der Waals surface area contributed by atoms with Gasteiger partial charge in [0.2, 0.25) is 0 Å². The molecule has 0 unspecified atom stereocenters.